The molecular formula is C10H15N3O3. The van der Waals surface area contributed by atoms with Crippen molar-refractivity contribution in [3.8, 4) is 0 Å². The minimum Gasteiger partial charge on any atom is -0.322 e. The number of nitrogens with zero attached hydrogens (tertiary/aromatic N) is 1. The van der Waals surface area contributed by atoms with Crippen molar-refractivity contribution in [3.63, 3.8) is 0 Å². The van der Waals surface area contributed by atoms with Crippen LogP contribution in [0.4, 0.5) is 4.79 Å². The van der Waals surface area contributed by atoms with Crippen LogP contribution in [-0.4, -0.2) is 28.4 Å². The lowest BCUT2D eigenvalue weighted by molar-refractivity contribution is -0.139. The second-order valence-corrected chi connectivity index (χ2v) is 4.38. The molecule has 2 N–H and O–H groups in total. The van der Waals surface area contributed by atoms with Crippen LogP contribution in [0.5, 0.6) is 0 Å². The molecule has 0 atom stereocenters. The highest BCUT2D eigenvalue weighted by Crippen LogP contribution is 2.32. The van der Waals surface area contributed by atoms with Crippen LogP contribution >= 0.6 is 0 Å². The Morgan fingerprint density at radius 1 is 1.31 bits per heavy atom. The molecule has 1 saturated carbocycles. The highest BCUT2D eigenvalue weighted by atomic mass is 16.2. The summed E-state index contributed by atoms with van der Waals surface area (Å²) in [6.45, 7) is 1.27. The third-order valence-electron chi connectivity index (χ3n) is 3.14. The van der Waals surface area contributed by atoms with Crippen LogP contribution in [0.25, 0.3) is 0 Å². The number of imide groups is 1. The zero-order chi connectivity index (χ0) is 11.8. The monoisotopic (exact) mass is 225 g/mol. The first-order chi connectivity index (χ1) is 7.55. The van der Waals surface area contributed by atoms with Gasteiger partial charge in [0.2, 0.25) is 5.91 Å². The standard InChI is InChI=1S/C10H15N3O3/c1-7(14)12-13-8(15)10(11-9(13)16)5-3-2-4-6-10/h2-6H2,1H3,(H,11,16)(H,12,14). The highest BCUT2D eigenvalue weighted by Gasteiger charge is 2.51. The Bertz CT molecular complexity index is 347. The lowest BCUT2D eigenvalue weighted by Crippen LogP contribution is -2.50. The summed E-state index contributed by atoms with van der Waals surface area (Å²) in [4.78, 5) is 34.5. The normalized spacial score (nSPS) is 23.4. The second-order valence-electron chi connectivity index (χ2n) is 4.38. The SMILES string of the molecule is CC(=O)NN1C(=O)NC2(CCCCC2)C1=O. The minimum atomic E-state index is -0.766. The van der Waals surface area contributed by atoms with Crippen molar-refractivity contribution in [2.24, 2.45) is 0 Å². The summed E-state index contributed by atoms with van der Waals surface area (Å²) < 4.78 is 0. The van der Waals surface area contributed by atoms with Crippen LogP contribution in [0, 0.1) is 0 Å². The van der Waals surface area contributed by atoms with E-state index in [0.29, 0.717) is 12.8 Å². The summed E-state index contributed by atoms with van der Waals surface area (Å²) >= 11 is 0. The van der Waals surface area contributed by atoms with Gasteiger partial charge in [-0.15, -0.1) is 0 Å². The predicted octanol–water partition coefficient (Wildman–Crippen LogP) is 0.292. The van der Waals surface area contributed by atoms with Crippen molar-refractivity contribution in [1.82, 2.24) is 15.8 Å². The first kappa shape index (κ1) is 10.9. The van der Waals surface area contributed by atoms with Gasteiger partial charge < -0.3 is 5.32 Å². The van der Waals surface area contributed by atoms with E-state index in [4.69, 9.17) is 0 Å². The van der Waals surface area contributed by atoms with E-state index in [1.54, 1.807) is 0 Å². The van der Waals surface area contributed by atoms with E-state index in [2.05, 4.69) is 10.7 Å². The topological polar surface area (TPSA) is 78.5 Å². The molecule has 0 aromatic carbocycles. The number of nitrogens with one attached hydrogen (secondary N) is 2. The molecule has 6 heteroatoms. The van der Waals surface area contributed by atoms with Crippen molar-refractivity contribution in [2.45, 2.75) is 44.6 Å². The van der Waals surface area contributed by atoms with Crippen LogP contribution in [0.15, 0.2) is 0 Å². The van der Waals surface area contributed by atoms with E-state index in [1.165, 1.54) is 6.92 Å². The molecule has 1 aliphatic heterocycles. The molecule has 1 aliphatic carbocycles. The van der Waals surface area contributed by atoms with Gasteiger partial charge in [-0.1, -0.05) is 19.3 Å². The number of hydrogen-bond donors (Lipinski definition) is 2. The Balaban J connectivity index is 2.17. The third-order valence-corrected chi connectivity index (χ3v) is 3.14. The van der Waals surface area contributed by atoms with E-state index in [-0.39, 0.29) is 5.91 Å². The molecule has 1 heterocycles. The van der Waals surface area contributed by atoms with Crippen LogP contribution in [0.3, 0.4) is 0 Å². The molecule has 2 fully saturated rings. The molecule has 1 saturated heterocycles. The Kier molecular flexibility index (Phi) is 2.57. The van der Waals surface area contributed by atoms with Gasteiger partial charge in [0.1, 0.15) is 5.54 Å². The van der Waals surface area contributed by atoms with Gasteiger partial charge in [-0.25, -0.2) is 4.79 Å². The molecule has 0 unspecified atom stereocenters. The number of amides is 4. The molecule has 0 radical (unpaired) electrons. The van der Waals surface area contributed by atoms with Crippen molar-refractivity contribution in [3.05, 3.63) is 0 Å². The van der Waals surface area contributed by atoms with Crippen LogP contribution in [-0.2, 0) is 9.59 Å². The highest BCUT2D eigenvalue weighted by molar-refractivity contribution is 6.07. The maximum absolute atomic E-state index is 12.1. The number of hydrazine groups is 1. The van der Waals surface area contributed by atoms with E-state index in [9.17, 15) is 14.4 Å². The van der Waals surface area contributed by atoms with Crippen molar-refractivity contribution < 1.29 is 14.4 Å². The molecule has 6 nitrogen and oxygen atoms in total. The van der Waals surface area contributed by atoms with Gasteiger partial charge in [0.15, 0.2) is 0 Å². The smallest absolute Gasteiger partial charge is 0.322 e. The average molecular weight is 225 g/mol. The molecule has 4 amide bonds. The first-order valence-corrected chi connectivity index (χ1v) is 5.49. The summed E-state index contributed by atoms with van der Waals surface area (Å²) in [6.07, 6.45) is 4.27. The van der Waals surface area contributed by atoms with Gasteiger partial charge in [-0.3, -0.25) is 15.0 Å². The zero-order valence-electron chi connectivity index (χ0n) is 9.21. The van der Waals surface area contributed by atoms with Crippen molar-refractivity contribution in [1.29, 1.82) is 0 Å². The van der Waals surface area contributed by atoms with Gasteiger partial charge in [-0.2, -0.15) is 5.01 Å². The van der Waals surface area contributed by atoms with E-state index >= 15 is 0 Å². The number of hydrogen-bond acceptors (Lipinski definition) is 3. The molecule has 2 rings (SSSR count). The lowest BCUT2D eigenvalue weighted by Gasteiger charge is -2.30. The largest absolute Gasteiger partial charge is 0.344 e. The summed E-state index contributed by atoms with van der Waals surface area (Å²) in [5.74, 6) is -0.747. The Labute approximate surface area is 93.3 Å². The Morgan fingerprint density at radius 3 is 2.50 bits per heavy atom. The molecule has 1 spiro atoms. The minimum absolute atomic E-state index is 0.326. The number of carbonyl (C=O) groups excluding carboxylic acids is 3. The van der Waals surface area contributed by atoms with Gasteiger partial charge in [0.05, 0.1) is 0 Å². The second kappa shape index (κ2) is 3.77. The zero-order valence-corrected chi connectivity index (χ0v) is 9.21. The Hall–Kier alpha value is -1.59. The van der Waals surface area contributed by atoms with E-state index in [0.717, 1.165) is 24.3 Å². The summed E-state index contributed by atoms with van der Waals surface area (Å²) in [7, 11) is 0. The lowest BCUT2D eigenvalue weighted by atomic mass is 9.82. The molecule has 0 bridgehead atoms. The maximum Gasteiger partial charge on any atom is 0.344 e. The molecule has 0 aromatic heterocycles. The summed E-state index contributed by atoms with van der Waals surface area (Å²) in [5.41, 5.74) is 1.48. The Morgan fingerprint density at radius 2 is 1.94 bits per heavy atom. The summed E-state index contributed by atoms with van der Waals surface area (Å²) in [6, 6.07) is -0.526. The molecule has 0 aromatic rings. The van der Waals surface area contributed by atoms with E-state index < -0.39 is 17.5 Å². The molecule has 16 heavy (non-hydrogen) atoms. The van der Waals surface area contributed by atoms with Gasteiger partial charge >= 0.3 is 6.03 Å². The van der Waals surface area contributed by atoms with Crippen molar-refractivity contribution >= 4 is 17.8 Å². The first-order valence-electron chi connectivity index (χ1n) is 5.49. The van der Waals surface area contributed by atoms with Gasteiger partial charge in [-0.05, 0) is 12.8 Å². The molecular weight excluding hydrogens is 210 g/mol. The average Bonchev–Trinajstić information content (AvgIpc) is 2.44. The maximum atomic E-state index is 12.1. The predicted molar refractivity (Wildman–Crippen MR) is 55.0 cm³/mol. The quantitative estimate of drug-likeness (QED) is 0.630. The number of rotatable bonds is 1. The van der Waals surface area contributed by atoms with Gasteiger partial charge in [0.25, 0.3) is 5.91 Å². The molecule has 2 aliphatic rings. The number of urea groups is 1. The summed E-state index contributed by atoms with van der Waals surface area (Å²) in [5, 5.41) is 3.50. The molecule has 88 valence electrons. The van der Waals surface area contributed by atoms with E-state index in [1.807, 2.05) is 0 Å². The third kappa shape index (κ3) is 1.64. The van der Waals surface area contributed by atoms with Gasteiger partial charge in [0, 0.05) is 6.92 Å². The van der Waals surface area contributed by atoms with Crippen LogP contribution in [0.1, 0.15) is 39.0 Å². The van der Waals surface area contributed by atoms with Crippen molar-refractivity contribution in [2.75, 3.05) is 0 Å². The number of carbonyl (C=O) groups is 3. The van der Waals surface area contributed by atoms with Crippen LogP contribution < -0.4 is 10.7 Å². The fourth-order valence-electron chi connectivity index (χ4n) is 2.37. The fraction of sp³-hybridized carbons (Fsp3) is 0.700. The van der Waals surface area contributed by atoms with Crippen LogP contribution in [0.2, 0.25) is 0 Å². The fourth-order valence-corrected chi connectivity index (χ4v) is 2.37.